The summed E-state index contributed by atoms with van der Waals surface area (Å²) in [5, 5.41) is 10.3. The van der Waals surface area contributed by atoms with Crippen LogP contribution in [0.3, 0.4) is 0 Å². The lowest BCUT2D eigenvalue weighted by Gasteiger charge is -2.33. The fraction of sp³-hybridized carbons (Fsp3) is 0.267. The van der Waals surface area contributed by atoms with Crippen molar-refractivity contribution in [1.82, 2.24) is 25.2 Å². The van der Waals surface area contributed by atoms with Gasteiger partial charge in [0.25, 0.3) is 5.22 Å². The normalized spacial score (nSPS) is 21.1. The molecule has 1 N–H and O–H groups in total. The molecule has 4 heterocycles. The minimum absolute atomic E-state index is 0.0898. The molecule has 0 fully saturated rings. The van der Waals surface area contributed by atoms with Gasteiger partial charge in [-0.15, -0.1) is 0 Å². The summed E-state index contributed by atoms with van der Waals surface area (Å²) in [4.78, 5) is 9.71. The van der Waals surface area contributed by atoms with Gasteiger partial charge in [0.05, 0.1) is 41.2 Å². The van der Waals surface area contributed by atoms with Crippen LogP contribution in [0.25, 0.3) is 0 Å². The van der Waals surface area contributed by atoms with Gasteiger partial charge < -0.3 is 14.3 Å². The zero-order chi connectivity index (χ0) is 18.1. The molecule has 8 nitrogen and oxygen atoms in total. The highest BCUT2D eigenvalue weighted by Crippen LogP contribution is 2.35. The second-order valence-corrected chi connectivity index (χ2v) is 6.65. The number of imidazole rings is 1. The van der Waals surface area contributed by atoms with E-state index in [0.29, 0.717) is 17.5 Å². The van der Waals surface area contributed by atoms with Crippen molar-refractivity contribution in [3.8, 4) is 0 Å². The molecule has 0 radical (unpaired) electrons. The monoisotopic (exact) mass is 407 g/mol. The number of aromatic amines is 1. The molecule has 0 aliphatic carbocycles. The summed E-state index contributed by atoms with van der Waals surface area (Å²) in [5.74, 6) is 0. The third kappa shape index (κ3) is 3.15. The first-order valence-corrected chi connectivity index (χ1v) is 9.04. The predicted molar refractivity (Wildman–Crippen MR) is 101 cm³/mol. The second-order valence-electron chi connectivity index (χ2n) is 5.70. The summed E-state index contributed by atoms with van der Waals surface area (Å²) in [6, 6.07) is 0.329. The van der Waals surface area contributed by atoms with Crippen LogP contribution in [0, 0.1) is 0 Å². The van der Waals surface area contributed by atoms with Crippen LogP contribution >= 0.6 is 24.2 Å². The Kier molecular flexibility index (Phi) is 4.79. The van der Waals surface area contributed by atoms with E-state index in [1.54, 1.807) is 29.7 Å². The van der Waals surface area contributed by atoms with Gasteiger partial charge in [0.15, 0.2) is 0 Å². The van der Waals surface area contributed by atoms with Crippen molar-refractivity contribution in [2.45, 2.75) is 24.1 Å². The molecule has 11 heteroatoms. The molecule has 0 spiro atoms. The van der Waals surface area contributed by atoms with Crippen LogP contribution < -0.4 is 4.90 Å². The maximum absolute atomic E-state index is 6.32. The minimum Gasteiger partial charge on any atom is -0.398 e. The van der Waals surface area contributed by atoms with E-state index < -0.39 is 0 Å². The summed E-state index contributed by atoms with van der Waals surface area (Å²) < 4.78 is 9.32. The lowest BCUT2D eigenvalue weighted by Crippen LogP contribution is -2.36. The van der Waals surface area contributed by atoms with E-state index in [4.69, 9.17) is 28.4 Å². The van der Waals surface area contributed by atoms with Crippen LogP contribution in [0.2, 0.25) is 0 Å². The Morgan fingerprint density at radius 2 is 2.38 bits per heavy atom. The van der Waals surface area contributed by atoms with Crippen molar-refractivity contribution in [2.24, 2.45) is 4.47 Å². The molecule has 2 aliphatic rings. The number of hydrogen-bond acceptors (Lipinski definition) is 8. The number of thiol groups is 1. The van der Waals surface area contributed by atoms with E-state index in [1.807, 2.05) is 11.0 Å². The smallest absolute Gasteiger partial charge is 0.319 e. The highest BCUT2D eigenvalue weighted by molar-refractivity contribution is 7.80. The van der Waals surface area contributed by atoms with Crippen molar-refractivity contribution >= 4 is 42.7 Å². The van der Waals surface area contributed by atoms with Crippen molar-refractivity contribution in [3.05, 3.63) is 52.9 Å². The van der Waals surface area contributed by atoms with Gasteiger partial charge in [0, 0.05) is 24.9 Å². The standard InChI is InChI=1S/C15H14ClN7OS2/c16-9-2-1-6-23(21-26)11(9)3-4-12-13-10(17-8-18-13)5-7-22(12)14-19-20-15(25)24-14/h1-3,6,8,12H,4-5,7H2,(H,17,18)(H,20,25)/b11-3-/t12-/m0/s1. The maximum Gasteiger partial charge on any atom is 0.319 e. The van der Waals surface area contributed by atoms with Crippen LogP contribution in [0.15, 0.2) is 55.6 Å². The fourth-order valence-corrected chi connectivity index (χ4v) is 3.62. The van der Waals surface area contributed by atoms with E-state index in [1.165, 1.54) is 0 Å². The number of aromatic nitrogens is 4. The number of hydrogen-bond donors (Lipinski definition) is 2. The zero-order valence-corrected chi connectivity index (χ0v) is 15.9. The van der Waals surface area contributed by atoms with Crippen LogP contribution in [-0.2, 0) is 18.8 Å². The van der Waals surface area contributed by atoms with Gasteiger partial charge in [0.2, 0.25) is 0 Å². The second kappa shape index (κ2) is 7.22. The van der Waals surface area contributed by atoms with Gasteiger partial charge in [-0.25, -0.2) is 9.99 Å². The molecular formula is C15H14ClN7OS2. The average Bonchev–Trinajstić information content (AvgIpc) is 3.29. The third-order valence-corrected chi connectivity index (χ3v) is 4.96. The van der Waals surface area contributed by atoms with Crippen LogP contribution in [0.5, 0.6) is 0 Å². The molecule has 0 saturated heterocycles. The Balaban J connectivity index is 1.67. The Bertz CT molecular complexity index is 919. The SMILES string of the molecule is S=NN1C=CC=C(Cl)/C1=C/C[C@H]1c2nc[nH]c2CCN1c1nnc(S)o1. The molecule has 1 atom stereocenters. The Morgan fingerprint density at radius 1 is 1.50 bits per heavy atom. The summed E-state index contributed by atoms with van der Waals surface area (Å²) in [7, 11) is 0. The van der Waals surface area contributed by atoms with Gasteiger partial charge in [-0.2, -0.15) is 0 Å². The van der Waals surface area contributed by atoms with Gasteiger partial charge in [-0.05, 0) is 18.6 Å². The topological polar surface area (TPSA) is 86.4 Å². The first-order chi connectivity index (χ1) is 12.7. The molecule has 0 amide bonds. The number of fused-ring (bicyclic) bond motifs is 1. The quantitative estimate of drug-likeness (QED) is 0.753. The van der Waals surface area contributed by atoms with Crippen LogP contribution in [0.1, 0.15) is 23.9 Å². The summed E-state index contributed by atoms with van der Waals surface area (Å²) in [6.07, 6.45) is 10.5. The lowest BCUT2D eigenvalue weighted by molar-refractivity contribution is 0.423. The Morgan fingerprint density at radius 3 is 3.15 bits per heavy atom. The van der Waals surface area contributed by atoms with Crippen LogP contribution in [-0.4, -0.2) is 31.7 Å². The number of nitrogens with one attached hydrogen (secondary N) is 1. The molecule has 4 rings (SSSR count). The molecule has 0 unspecified atom stereocenters. The first-order valence-electron chi connectivity index (χ1n) is 7.85. The van der Waals surface area contributed by atoms with E-state index in [-0.39, 0.29) is 11.3 Å². The van der Waals surface area contributed by atoms with Gasteiger partial charge >= 0.3 is 6.01 Å². The average molecular weight is 408 g/mol. The highest BCUT2D eigenvalue weighted by atomic mass is 35.5. The molecule has 134 valence electrons. The van der Waals surface area contributed by atoms with Crippen molar-refractivity contribution < 1.29 is 4.42 Å². The van der Waals surface area contributed by atoms with E-state index in [2.05, 4.69) is 37.3 Å². The minimum atomic E-state index is -0.0898. The molecule has 0 aromatic carbocycles. The van der Waals surface area contributed by atoms with Crippen molar-refractivity contribution in [2.75, 3.05) is 11.4 Å². The summed E-state index contributed by atoms with van der Waals surface area (Å²) >= 11 is 15.3. The van der Waals surface area contributed by atoms with Gasteiger partial charge in [-0.1, -0.05) is 45.0 Å². The molecule has 26 heavy (non-hydrogen) atoms. The summed E-state index contributed by atoms with van der Waals surface area (Å²) in [5.41, 5.74) is 2.78. The zero-order valence-electron chi connectivity index (χ0n) is 13.4. The molecule has 0 saturated carbocycles. The lowest BCUT2D eigenvalue weighted by atomic mass is 9.99. The predicted octanol–water partition coefficient (Wildman–Crippen LogP) is 3.06. The number of anilines is 1. The summed E-state index contributed by atoms with van der Waals surface area (Å²) in [6.45, 7) is 0.719. The first kappa shape index (κ1) is 17.3. The largest absolute Gasteiger partial charge is 0.398 e. The number of halogens is 1. The van der Waals surface area contributed by atoms with E-state index >= 15 is 0 Å². The highest BCUT2D eigenvalue weighted by Gasteiger charge is 2.32. The Labute approximate surface area is 165 Å². The van der Waals surface area contributed by atoms with Crippen LogP contribution in [0.4, 0.5) is 6.01 Å². The molecule has 2 aliphatic heterocycles. The fourth-order valence-electron chi connectivity index (χ4n) is 3.12. The van der Waals surface area contributed by atoms with Gasteiger partial charge in [0.1, 0.15) is 0 Å². The maximum atomic E-state index is 6.32. The third-order valence-electron chi connectivity index (χ3n) is 4.28. The Hall–Kier alpha value is -2.17. The number of allylic oxidation sites excluding steroid dienone is 3. The number of rotatable bonds is 4. The van der Waals surface area contributed by atoms with Crippen molar-refractivity contribution in [1.29, 1.82) is 0 Å². The number of nitrogens with zero attached hydrogens (tertiary/aromatic N) is 6. The molecule has 2 aromatic heterocycles. The molecule has 0 bridgehead atoms. The van der Waals surface area contributed by atoms with E-state index in [9.17, 15) is 0 Å². The van der Waals surface area contributed by atoms with Crippen molar-refractivity contribution in [3.63, 3.8) is 0 Å². The van der Waals surface area contributed by atoms with Gasteiger partial charge in [-0.3, -0.25) is 0 Å². The molecule has 2 aromatic rings. The molecular weight excluding hydrogens is 394 g/mol. The number of H-pyrrole nitrogens is 1. The van der Waals surface area contributed by atoms with E-state index in [0.717, 1.165) is 30.1 Å².